The maximum absolute atomic E-state index is 13.2. The van der Waals surface area contributed by atoms with Crippen LogP contribution in [0.5, 0.6) is 5.75 Å². The van der Waals surface area contributed by atoms with E-state index in [9.17, 15) is 9.59 Å². The fourth-order valence-corrected chi connectivity index (χ4v) is 4.23. The number of ether oxygens (including phenoxy) is 1. The highest BCUT2D eigenvalue weighted by Gasteiger charge is 2.31. The second-order valence-corrected chi connectivity index (χ2v) is 8.67. The highest BCUT2D eigenvalue weighted by molar-refractivity contribution is 8.14. The van der Waals surface area contributed by atoms with Gasteiger partial charge in [0.2, 0.25) is 5.91 Å². The zero-order valence-corrected chi connectivity index (χ0v) is 19.8. The number of carbonyl (C=O) groups is 2. The Morgan fingerprint density at radius 2 is 1.74 bits per heavy atom. The summed E-state index contributed by atoms with van der Waals surface area (Å²) >= 11 is 1.25. The first-order valence-corrected chi connectivity index (χ1v) is 11.8. The van der Waals surface area contributed by atoms with Crippen molar-refractivity contribution in [1.29, 1.82) is 0 Å². The molecule has 0 saturated carbocycles. The third-order valence-corrected chi connectivity index (χ3v) is 6.24. The van der Waals surface area contributed by atoms with Crippen molar-refractivity contribution >= 4 is 40.5 Å². The van der Waals surface area contributed by atoms with Crippen LogP contribution in [0.15, 0.2) is 89.6 Å². The summed E-state index contributed by atoms with van der Waals surface area (Å²) < 4.78 is 5.20. The Morgan fingerprint density at radius 3 is 2.44 bits per heavy atom. The Balaban J connectivity index is 1.53. The van der Waals surface area contributed by atoms with Crippen molar-refractivity contribution in [2.45, 2.75) is 13.5 Å². The Bertz CT molecular complexity index is 1240. The quantitative estimate of drug-likeness (QED) is 0.486. The Morgan fingerprint density at radius 1 is 1.03 bits per heavy atom. The Hall–Kier alpha value is -3.84. The predicted molar refractivity (Wildman–Crippen MR) is 138 cm³/mol. The van der Waals surface area contributed by atoms with E-state index in [1.54, 1.807) is 18.1 Å². The highest BCUT2D eigenvalue weighted by Crippen LogP contribution is 2.26. The van der Waals surface area contributed by atoms with Crippen molar-refractivity contribution in [3.8, 4) is 5.75 Å². The normalized spacial score (nSPS) is 14.3. The first-order chi connectivity index (χ1) is 16.5. The number of aryl methyl sites for hydroxylation is 1. The first-order valence-electron chi connectivity index (χ1n) is 10.8. The lowest BCUT2D eigenvalue weighted by Gasteiger charge is -2.18. The van der Waals surface area contributed by atoms with Gasteiger partial charge in [0, 0.05) is 5.69 Å². The number of benzene rings is 3. The van der Waals surface area contributed by atoms with E-state index in [1.807, 2.05) is 85.8 Å². The topological polar surface area (TPSA) is 71.0 Å². The molecular weight excluding hydrogens is 446 g/mol. The maximum Gasteiger partial charge on any atom is 0.278 e. The Kier molecular flexibility index (Phi) is 7.44. The van der Waals surface area contributed by atoms with E-state index < -0.39 is 0 Å². The summed E-state index contributed by atoms with van der Waals surface area (Å²) in [6.07, 6.45) is 1.75. The zero-order valence-electron chi connectivity index (χ0n) is 19.0. The number of methoxy groups -OCH3 is 1. The van der Waals surface area contributed by atoms with E-state index in [4.69, 9.17) is 4.74 Å². The summed E-state index contributed by atoms with van der Waals surface area (Å²) in [5.74, 6) is 0.537. The molecule has 0 fully saturated rings. The number of thioether (sulfide) groups is 1. The second-order valence-electron chi connectivity index (χ2n) is 7.73. The number of anilines is 1. The summed E-state index contributed by atoms with van der Waals surface area (Å²) in [5, 5.41) is 3.43. The van der Waals surface area contributed by atoms with Crippen molar-refractivity contribution in [2.24, 2.45) is 4.99 Å². The predicted octanol–water partition coefficient (Wildman–Crippen LogP) is 5.11. The Labute approximate surface area is 203 Å². The number of nitrogens with one attached hydrogen (secondary N) is 1. The zero-order chi connectivity index (χ0) is 23.9. The van der Waals surface area contributed by atoms with Crippen LogP contribution in [-0.2, 0) is 16.1 Å². The molecule has 0 aromatic heterocycles. The van der Waals surface area contributed by atoms with E-state index in [0.29, 0.717) is 17.4 Å². The van der Waals surface area contributed by atoms with Gasteiger partial charge in [0.25, 0.3) is 5.91 Å². The lowest BCUT2D eigenvalue weighted by Crippen LogP contribution is -2.31. The summed E-state index contributed by atoms with van der Waals surface area (Å²) in [6, 6.07) is 24.8. The van der Waals surface area contributed by atoms with E-state index in [1.165, 1.54) is 11.8 Å². The monoisotopic (exact) mass is 471 g/mol. The molecule has 0 atom stereocenters. The molecule has 0 bridgehead atoms. The van der Waals surface area contributed by atoms with Gasteiger partial charge >= 0.3 is 0 Å². The molecule has 0 aliphatic carbocycles. The van der Waals surface area contributed by atoms with Crippen molar-refractivity contribution in [2.75, 3.05) is 18.2 Å². The van der Waals surface area contributed by atoms with Gasteiger partial charge in [-0.15, -0.1) is 0 Å². The molecule has 4 rings (SSSR count). The van der Waals surface area contributed by atoms with Crippen LogP contribution in [0.2, 0.25) is 0 Å². The summed E-state index contributed by atoms with van der Waals surface area (Å²) in [6.45, 7) is 2.32. The van der Waals surface area contributed by atoms with Crippen LogP contribution in [0.4, 0.5) is 5.69 Å². The fourth-order valence-electron chi connectivity index (χ4n) is 3.43. The molecule has 1 aliphatic heterocycles. The number of amidine groups is 1. The van der Waals surface area contributed by atoms with E-state index in [0.717, 1.165) is 28.1 Å². The lowest BCUT2D eigenvalue weighted by molar-refractivity contribution is -0.123. The van der Waals surface area contributed by atoms with Gasteiger partial charge in [-0.1, -0.05) is 72.4 Å². The third kappa shape index (κ3) is 5.74. The van der Waals surface area contributed by atoms with Gasteiger partial charge in [-0.25, -0.2) is 4.99 Å². The molecular formula is C27H25N3O3S. The molecule has 1 N–H and O–H groups in total. The van der Waals surface area contributed by atoms with E-state index in [2.05, 4.69) is 10.3 Å². The molecule has 0 spiro atoms. The minimum Gasteiger partial charge on any atom is -0.497 e. The smallest absolute Gasteiger partial charge is 0.278 e. The van der Waals surface area contributed by atoms with Crippen LogP contribution >= 0.6 is 11.8 Å². The molecule has 7 heteroatoms. The van der Waals surface area contributed by atoms with Gasteiger partial charge in [0.15, 0.2) is 5.17 Å². The third-order valence-electron chi connectivity index (χ3n) is 5.27. The first kappa shape index (κ1) is 23.3. The molecule has 0 unspecified atom stereocenters. The molecule has 0 saturated heterocycles. The van der Waals surface area contributed by atoms with Gasteiger partial charge in [0.1, 0.15) is 11.4 Å². The largest absolute Gasteiger partial charge is 0.497 e. The number of rotatable bonds is 7. The van der Waals surface area contributed by atoms with E-state index >= 15 is 0 Å². The van der Waals surface area contributed by atoms with Crippen molar-refractivity contribution in [3.05, 3.63) is 101 Å². The molecule has 172 valence electrons. The van der Waals surface area contributed by atoms with Crippen molar-refractivity contribution in [3.63, 3.8) is 0 Å². The van der Waals surface area contributed by atoms with Crippen LogP contribution in [0.3, 0.4) is 0 Å². The molecule has 3 aromatic rings. The second kappa shape index (κ2) is 10.9. The van der Waals surface area contributed by atoms with Crippen LogP contribution in [0.1, 0.15) is 16.7 Å². The molecule has 1 heterocycles. The van der Waals surface area contributed by atoms with Crippen LogP contribution < -0.4 is 10.1 Å². The summed E-state index contributed by atoms with van der Waals surface area (Å²) in [5.41, 5.74) is 3.93. The minimum absolute atomic E-state index is 0.140. The number of hydrogen-bond acceptors (Lipinski definition) is 5. The van der Waals surface area contributed by atoms with Crippen molar-refractivity contribution in [1.82, 2.24) is 4.90 Å². The van der Waals surface area contributed by atoms with Crippen molar-refractivity contribution < 1.29 is 14.3 Å². The minimum atomic E-state index is -0.193. The van der Waals surface area contributed by atoms with Crippen LogP contribution in [-0.4, -0.2) is 34.7 Å². The molecule has 0 radical (unpaired) electrons. The van der Waals surface area contributed by atoms with E-state index in [-0.39, 0.29) is 17.6 Å². The SMILES string of the molecule is COc1ccc(/C=C2\N=C(SCC(=O)Nc3ccccc3C)N(Cc3ccccc3)C2=O)cc1. The molecule has 3 aromatic carbocycles. The summed E-state index contributed by atoms with van der Waals surface area (Å²) in [7, 11) is 1.61. The fraction of sp³-hybridized carbons (Fsp3) is 0.148. The summed E-state index contributed by atoms with van der Waals surface area (Å²) in [4.78, 5) is 32.0. The van der Waals surface area contributed by atoms with Gasteiger partial charge in [-0.2, -0.15) is 0 Å². The average Bonchev–Trinajstić information content (AvgIpc) is 3.14. The lowest BCUT2D eigenvalue weighted by atomic mass is 10.1. The number of hydrogen-bond donors (Lipinski definition) is 1. The van der Waals surface area contributed by atoms with Crippen LogP contribution in [0, 0.1) is 6.92 Å². The molecule has 34 heavy (non-hydrogen) atoms. The molecule has 6 nitrogen and oxygen atoms in total. The van der Waals surface area contributed by atoms with Crippen LogP contribution in [0.25, 0.3) is 6.08 Å². The van der Waals surface area contributed by atoms with Gasteiger partial charge < -0.3 is 10.1 Å². The van der Waals surface area contributed by atoms with Gasteiger partial charge in [-0.3, -0.25) is 14.5 Å². The highest BCUT2D eigenvalue weighted by atomic mass is 32.2. The molecule has 2 amide bonds. The molecule has 1 aliphatic rings. The van der Waals surface area contributed by atoms with Gasteiger partial charge in [-0.05, 0) is 47.9 Å². The number of para-hydroxylation sites is 1. The number of nitrogens with zero attached hydrogens (tertiary/aromatic N) is 2. The number of amides is 2. The average molecular weight is 472 g/mol. The number of aliphatic imine (C=N–C) groups is 1. The standard InChI is InChI=1S/C27H25N3O3S/c1-19-8-6-7-11-23(19)28-25(31)18-34-27-29-24(16-20-12-14-22(33-2)15-13-20)26(32)30(27)17-21-9-4-3-5-10-21/h3-16H,17-18H2,1-2H3,(H,28,31)/b24-16-. The number of carbonyl (C=O) groups excluding carboxylic acids is 2. The van der Waals surface area contributed by atoms with Gasteiger partial charge in [0.05, 0.1) is 19.4 Å². The maximum atomic E-state index is 13.2.